The van der Waals surface area contributed by atoms with E-state index in [0.29, 0.717) is 13.2 Å². The SMILES string of the molecule is NC1COc2cccc(OCc3ccccc3)c2C1. The summed E-state index contributed by atoms with van der Waals surface area (Å²) in [4.78, 5) is 0. The van der Waals surface area contributed by atoms with E-state index in [1.54, 1.807) is 0 Å². The average Bonchev–Trinajstić information content (AvgIpc) is 2.46. The predicted octanol–water partition coefficient (Wildman–Crippen LogP) is 2.53. The fraction of sp³-hybridized carbons (Fsp3) is 0.250. The highest BCUT2D eigenvalue weighted by atomic mass is 16.5. The van der Waals surface area contributed by atoms with Gasteiger partial charge in [0.05, 0.1) is 0 Å². The Balaban J connectivity index is 1.78. The predicted molar refractivity (Wildman–Crippen MR) is 74.4 cm³/mol. The lowest BCUT2D eigenvalue weighted by molar-refractivity contribution is 0.250. The van der Waals surface area contributed by atoms with Crippen LogP contribution >= 0.6 is 0 Å². The van der Waals surface area contributed by atoms with Crippen LogP contribution in [-0.2, 0) is 13.0 Å². The van der Waals surface area contributed by atoms with Crippen molar-refractivity contribution in [1.82, 2.24) is 0 Å². The van der Waals surface area contributed by atoms with Gasteiger partial charge in [-0.05, 0) is 24.1 Å². The van der Waals surface area contributed by atoms with Gasteiger partial charge in [0, 0.05) is 11.6 Å². The highest BCUT2D eigenvalue weighted by molar-refractivity contribution is 5.46. The molecule has 1 unspecified atom stereocenters. The van der Waals surface area contributed by atoms with Crippen molar-refractivity contribution in [3.05, 3.63) is 59.7 Å². The van der Waals surface area contributed by atoms with Gasteiger partial charge in [-0.25, -0.2) is 0 Å². The van der Waals surface area contributed by atoms with Crippen molar-refractivity contribution >= 4 is 0 Å². The van der Waals surface area contributed by atoms with Crippen molar-refractivity contribution in [3.63, 3.8) is 0 Å². The maximum absolute atomic E-state index is 5.95. The minimum atomic E-state index is 0.0500. The number of hydrogen-bond donors (Lipinski definition) is 1. The molecule has 0 spiro atoms. The van der Waals surface area contributed by atoms with Crippen LogP contribution < -0.4 is 15.2 Å². The van der Waals surface area contributed by atoms with E-state index in [4.69, 9.17) is 15.2 Å². The lowest BCUT2D eigenvalue weighted by atomic mass is 10.0. The molecule has 0 saturated carbocycles. The van der Waals surface area contributed by atoms with Gasteiger partial charge in [-0.3, -0.25) is 0 Å². The third kappa shape index (κ3) is 2.71. The van der Waals surface area contributed by atoms with Crippen molar-refractivity contribution in [2.75, 3.05) is 6.61 Å². The molecule has 1 heterocycles. The van der Waals surface area contributed by atoms with Crippen LogP contribution in [0.3, 0.4) is 0 Å². The summed E-state index contributed by atoms with van der Waals surface area (Å²) in [5, 5.41) is 0. The molecule has 0 aliphatic carbocycles. The van der Waals surface area contributed by atoms with Gasteiger partial charge in [0.25, 0.3) is 0 Å². The second kappa shape index (κ2) is 5.33. The Labute approximate surface area is 113 Å². The molecule has 1 aliphatic heterocycles. The molecule has 1 aliphatic rings. The van der Waals surface area contributed by atoms with Crippen molar-refractivity contribution in [1.29, 1.82) is 0 Å². The highest BCUT2D eigenvalue weighted by Crippen LogP contribution is 2.32. The largest absolute Gasteiger partial charge is 0.492 e. The molecule has 1 atom stereocenters. The molecular weight excluding hydrogens is 238 g/mol. The summed E-state index contributed by atoms with van der Waals surface area (Å²) in [6.07, 6.45) is 0.806. The molecule has 3 rings (SSSR count). The van der Waals surface area contributed by atoms with E-state index >= 15 is 0 Å². The number of nitrogens with two attached hydrogens (primary N) is 1. The standard InChI is InChI=1S/C16H17NO2/c17-13-9-14-15(7-4-8-16(14)19-11-13)18-10-12-5-2-1-3-6-12/h1-8,13H,9-11,17H2. The summed E-state index contributed by atoms with van der Waals surface area (Å²) in [5.74, 6) is 1.77. The molecular formula is C16H17NO2. The summed E-state index contributed by atoms with van der Waals surface area (Å²) in [6, 6.07) is 16.1. The molecule has 0 amide bonds. The first-order valence-electron chi connectivity index (χ1n) is 6.50. The Hall–Kier alpha value is -2.00. The maximum atomic E-state index is 5.95. The smallest absolute Gasteiger partial charge is 0.126 e. The van der Waals surface area contributed by atoms with Gasteiger partial charge in [0.2, 0.25) is 0 Å². The molecule has 0 bridgehead atoms. The number of benzene rings is 2. The lowest BCUT2D eigenvalue weighted by Crippen LogP contribution is -2.34. The average molecular weight is 255 g/mol. The molecule has 0 fully saturated rings. The molecule has 0 aromatic heterocycles. The Kier molecular flexibility index (Phi) is 3.38. The third-order valence-electron chi connectivity index (χ3n) is 3.25. The van der Waals surface area contributed by atoms with E-state index in [9.17, 15) is 0 Å². The van der Waals surface area contributed by atoms with Crippen LogP contribution in [0.15, 0.2) is 48.5 Å². The fourth-order valence-electron chi connectivity index (χ4n) is 2.27. The second-order valence-corrected chi connectivity index (χ2v) is 4.78. The van der Waals surface area contributed by atoms with Crippen molar-refractivity contribution < 1.29 is 9.47 Å². The second-order valence-electron chi connectivity index (χ2n) is 4.78. The van der Waals surface area contributed by atoms with E-state index in [0.717, 1.165) is 29.0 Å². The molecule has 0 radical (unpaired) electrons. The van der Waals surface area contributed by atoms with Crippen molar-refractivity contribution in [3.8, 4) is 11.5 Å². The number of ether oxygens (including phenoxy) is 2. The van der Waals surface area contributed by atoms with Gasteiger partial charge in [-0.2, -0.15) is 0 Å². The van der Waals surface area contributed by atoms with E-state index < -0.39 is 0 Å². The van der Waals surface area contributed by atoms with Crippen LogP contribution in [0.4, 0.5) is 0 Å². The Morgan fingerprint density at radius 3 is 2.79 bits per heavy atom. The van der Waals surface area contributed by atoms with Crippen LogP contribution in [0.1, 0.15) is 11.1 Å². The number of hydrogen-bond acceptors (Lipinski definition) is 3. The monoisotopic (exact) mass is 255 g/mol. The Bertz CT molecular complexity index is 554. The minimum absolute atomic E-state index is 0.0500. The van der Waals surface area contributed by atoms with Crippen LogP contribution in [0, 0.1) is 0 Å². The fourth-order valence-corrected chi connectivity index (χ4v) is 2.27. The topological polar surface area (TPSA) is 44.5 Å². The Morgan fingerprint density at radius 2 is 1.95 bits per heavy atom. The van der Waals surface area contributed by atoms with E-state index in [1.165, 1.54) is 0 Å². The maximum Gasteiger partial charge on any atom is 0.126 e. The highest BCUT2D eigenvalue weighted by Gasteiger charge is 2.20. The van der Waals surface area contributed by atoms with Crippen molar-refractivity contribution in [2.45, 2.75) is 19.1 Å². The summed E-state index contributed by atoms with van der Waals surface area (Å²) in [6.45, 7) is 1.14. The van der Waals surface area contributed by atoms with Gasteiger partial charge in [-0.15, -0.1) is 0 Å². The normalized spacial score (nSPS) is 17.4. The summed E-state index contributed by atoms with van der Waals surface area (Å²) >= 11 is 0. The number of rotatable bonds is 3. The quantitative estimate of drug-likeness (QED) is 0.916. The first-order valence-corrected chi connectivity index (χ1v) is 6.50. The third-order valence-corrected chi connectivity index (χ3v) is 3.25. The first-order chi connectivity index (χ1) is 9.33. The summed E-state index contributed by atoms with van der Waals surface area (Å²) < 4.78 is 11.5. The zero-order chi connectivity index (χ0) is 13.1. The molecule has 19 heavy (non-hydrogen) atoms. The van der Waals surface area contributed by atoms with E-state index in [2.05, 4.69) is 12.1 Å². The minimum Gasteiger partial charge on any atom is -0.492 e. The van der Waals surface area contributed by atoms with Crippen LogP contribution in [0.5, 0.6) is 11.5 Å². The molecule has 98 valence electrons. The van der Waals surface area contributed by atoms with Crippen LogP contribution in [0.2, 0.25) is 0 Å². The van der Waals surface area contributed by atoms with Crippen LogP contribution in [0.25, 0.3) is 0 Å². The van der Waals surface area contributed by atoms with E-state index in [1.807, 2.05) is 36.4 Å². The van der Waals surface area contributed by atoms with Crippen LogP contribution in [-0.4, -0.2) is 12.6 Å². The molecule has 2 aromatic rings. The molecule has 2 N–H and O–H groups in total. The van der Waals surface area contributed by atoms with Gasteiger partial charge in [-0.1, -0.05) is 36.4 Å². The Morgan fingerprint density at radius 1 is 1.11 bits per heavy atom. The van der Waals surface area contributed by atoms with Crippen molar-refractivity contribution in [2.24, 2.45) is 5.73 Å². The molecule has 3 heteroatoms. The van der Waals surface area contributed by atoms with Gasteiger partial charge in [0.1, 0.15) is 24.7 Å². The lowest BCUT2D eigenvalue weighted by Gasteiger charge is -2.24. The van der Waals surface area contributed by atoms with Gasteiger partial charge < -0.3 is 15.2 Å². The first kappa shape index (κ1) is 12.1. The summed E-state index contributed by atoms with van der Waals surface area (Å²) in [7, 11) is 0. The summed E-state index contributed by atoms with van der Waals surface area (Å²) in [5.41, 5.74) is 8.18. The van der Waals surface area contributed by atoms with Gasteiger partial charge in [0.15, 0.2) is 0 Å². The van der Waals surface area contributed by atoms with E-state index in [-0.39, 0.29) is 6.04 Å². The zero-order valence-electron chi connectivity index (χ0n) is 10.7. The molecule has 3 nitrogen and oxygen atoms in total. The molecule has 0 saturated heterocycles. The zero-order valence-corrected chi connectivity index (χ0v) is 10.7. The molecule has 2 aromatic carbocycles. The van der Waals surface area contributed by atoms with Gasteiger partial charge >= 0.3 is 0 Å². The number of fused-ring (bicyclic) bond motifs is 1.